The maximum absolute atomic E-state index is 5.93. The van der Waals surface area contributed by atoms with Crippen LogP contribution in [0.5, 0.6) is 5.75 Å². The first-order valence-electron chi connectivity index (χ1n) is 11.0. The molecule has 164 valence electrons. The van der Waals surface area contributed by atoms with E-state index >= 15 is 0 Å². The summed E-state index contributed by atoms with van der Waals surface area (Å²) in [5, 5.41) is 2.06. The first-order valence-corrected chi connectivity index (χ1v) is 11.9. The number of morpholine rings is 1. The Morgan fingerprint density at radius 2 is 1.91 bits per heavy atom. The number of benzene rings is 1. The molecule has 1 aromatic carbocycles. The predicted molar refractivity (Wildman–Crippen MR) is 128 cm³/mol. The zero-order chi connectivity index (χ0) is 21.8. The number of nitrogens with zero attached hydrogens (tertiary/aromatic N) is 4. The molecule has 5 rings (SSSR count). The number of fused-ring (bicyclic) bond motifs is 1. The third kappa shape index (κ3) is 4.80. The average molecular weight is 447 g/mol. The van der Waals surface area contributed by atoms with E-state index in [1.54, 1.807) is 11.3 Å². The number of aryl methyl sites for hydroxylation is 1. The minimum Gasteiger partial charge on any atom is -0.494 e. The van der Waals surface area contributed by atoms with Crippen LogP contribution in [0, 0.1) is 6.92 Å². The van der Waals surface area contributed by atoms with Crippen molar-refractivity contribution in [2.75, 3.05) is 39.5 Å². The van der Waals surface area contributed by atoms with Gasteiger partial charge in [0.15, 0.2) is 5.65 Å². The van der Waals surface area contributed by atoms with Crippen LogP contribution in [-0.2, 0) is 4.74 Å². The van der Waals surface area contributed by atoms with Crippen LogP contribution < -0.4 is 4.74 Å². The first kappa shape index (κ1) is 21.0. The molecule has 0 unspecified atom stereocenters. The van der Waals surface area contributed by atoms with Gasteiger partial charge in [0.25, 0.3) is 0 Å². The lowest BCUT2D eigenvalue weighted by atomic mass is 10.1. The zero-order valence-corrected chi connectivity index (χ0v) is 19.0. The highest BCUT2D eigenvalue weighted by Crippen LogP contribution is 2.28. The van der Waals surface area contributed by atoms with Gasteiger partial charge in [-0.2, -0.15) is 0 Å². The SMILES string of the molecule is Cc1nc2ncc(-c3ccc(OCCCN4CCOCC4)cc3)cc2nc1-c1cccs1. The highest BCUT2D eigenvalue weighted by Gasteiger charge is 2.11. The Balaban J connectivity index is 1.26. The summed E-state index contributed by atoms with van der Waals surface area (Å²) in [5.74, 6) is 0.889. The second-order valence-electron chi connectivity index (χ2n) is 7.88. The number of hydrogen-bond donors (Lipinski definition) is 0. The second-order valence-corrected chi connectivity index (χ2v) is 8.83. The van der Waals surface area contributed by atoms with E-state index in [0.29, 0.717) is 12.3 Å². The van der Waals surface area contributed by atoms with Crippen molar-refractivity contribution in [1.29, 1.82) is 0 Å². The van der Waals surface area contributed by atoms with Crippen molar-refractivity contribution >= 4 is 22.5 Å². The summed E-state index contributed by atoms with van der Waals surface area (Å²) in [6.45, 7) is 7.48. The summed E-state index contributed by atoms with van der Waals surface area (Å²) < 4.78 is 11.3. The number of ether oxygens (including phenoxy) is 2. The van der Waals surface area contributed by atoms with Gasteiger partial charge in [0, 0.05) is 31.4 Å². The van der Waals surface area contributed by atoms with Gasteiger partial charge in [0.05, 0.1) is 30.4 Å². The van der Waals surface area contributed by atoms with Gasteiger partial charge in [-0.05, 0) is 48.6 Å². The molecular formula is C25H26N4O2S. The molecular weight excluding hydrogens is 420 g/mol. The molecule has 6 nitrogen and oxygen atoms in total. The van der Waals surface area contributed by atoms with Crippen LogP contribution in [0.4, 0.5) is 0 Å². The van der Waals surface area contributed by atoms with Crippen LogP contribution in [-0.4, -0.2) is 59.3 Å². The third-order valence-corrected chi connectivity index (χ3v) is 6.51. The van der Waals surface area contributed by atoms with Crippen LogP contribution in [0.15, 0.2) is 54.0 Å². The van der Waals surface area contributed by atoms with E-state index in [0.717, 1.165) is 77.9 Å². The molecule has 0 aliphatic carbocycles. The van der Waals surface area contributed by atoms with Crippen molar-refractivity contribution in [3.05, 3.63) is 59.7 Å². The van der Waals surface area contributed by atoms with Gasteiger partial charge in [-0.3, -0.25) is 4.90 Å². The number of rotatable bonds is 7. The second kappa shape index (κ2) is 9.73. The first-order chi connectivity index (χ1) is 15.8. The molecule has 0 N–H and O–H groups in total. The van der Waals surface area contributed by atoms with Crippen molar-refractivity contribution in [2.24, 2.45) is 0 Å². The lowest BCUT2D eigenvalue weighted by molar-refractivity contribution is 0.0358. The summed E-state index contributed by atoms with van der Waals surface area (Å²) in [6.07, 6.45) is 2.88. The highest BCUT2D eigenvalue weighted by molar-refractivity contribution is 7.13. The monoisotopic (exact) mass is 446 g/mol. The molecule has 4 aromatic rings. The van der Waals surface area contributed by atoms with Gasteiger partial charge in [0.1, 0.15) is 17.0 Å². The number of hydrogen-bond acceptors (Lipinski definition) is 7. The molecule has 0 bridgehead atoms. The highest BCUT2D eigenvalue weighted by atomic mass is 32.1. The summed E-state index contributed by atoms with van der Waals surface area (Å²) in [7, 11) is 0. The Bertz CT molecular complexity index is 1170. The Labute approximate surface area is 191 Å². The molecule has 4 heterocycles. The minimum atomic E-state index is 0.673. The minimum absolute atomic E-state index is 0.673. The van der Waals surface area contributed by atoms with Crippen molar-refractivity contribution in [3.63, 3.8) is 0 Å². The van der Waals surface area contributed by atoms with E-state index in [-0.39, 0.29) is 0 Å². The topological polar surface area (TPSA) is 60.4 Å². The number of aromatic nitrogens is 3. The fourth-order valence-corrected chi connectivity index (χ4v) is 4.64. The molecule has 1 aliphatic heterocycles. The van der Waals surface area contributed by atoms with E-state index in [1.165, 1.54) is 0 Å². The standard InChI is InChI=1S/C25H26N4O2S/c1-18-24(23-4-2-15-32-23)28-22-16-20(17-26-25(22)27-18)19-5-7-21(8-6-19)31-12-3-9-29-10-13-30-14-11-29/h2,4-8,15-17H,3,9-14H2,1H3. The predicted octanol–water partition coefficient (Wildman–Crippen LogP) is 4.83. The van der Waals surface area contributed by atoms with Crippen molar-refractivity contribution in [3.8, 4) is 27.4 Å². The normalized spacial score (nSPS) is 14.7. The van der Waals surface area contributed by atoms with Gasteiger partial charge in [-0.1, -0.05) is 18.2 Å². The molecule has 1 aliphatic rings. The van der Waals surface area contributed by atoms with Crippen LogP contribution in [0.2, 0.25) is 0 Å². The molecule has 7 heteroatoms. The third-order valence-electron chi connectivity index (χ3n) is 5.63. The number of thiophene rings is 1. The number of pyridine rings is 1. The summed E-state index contributed by atoms with van der Waals surface area (Å²) >= 11 is 1.67. The Morgan fingerprint density at radius 1 is 1.06 bits per heavy atom. The van der Waals surface area contributed by atoms with E-state index in [1.807, 2.05) is 31.3 Å². The molecule has 0 atom stereocenters. The van der Waals surface area contributed by atoms with Crippen LogP contribution in [0.1, 0.15) is 12.1 Å². The van der Waals surface area contributed by atoms with Crippen molar-refractivity contribution < 1.29 is 9.47 Å². The maximum Gasteiger partial charge on any atom is 0.178 e. The van der Waals surface area contributed by atoms with Crippen LogP contribution in [0.3, 0.4) is 0 Å². The van der Waals surface area contributed by atoms with E-state index in [2.05, 4.69) is 44.5 Å². The smallest absolute Gasteiger partial charge is 0.178 e. The largest absolute Gasteiger partial charge is 0.494 e. The van der Waals surface area contributed by atoms with Gasteiger partial charge in [0.2, 0.25) is 0 Å². The van der Waals surface area contributed by atoms with Gasteiger partial charge in [-0.15, -0.1) is 11.3 Å². The lowest BCUT2D eigenvalue weighted by Crippen LogP contribution is -2.37. The fraction of sp³-hybridized carbons (Fsp3) is 0.320. The molecule has 1 fully saturated rings. The Hall–Kier alpha value is -2.87. The van der Waals surface area contributed by atoms with Gasteiger partial charge in [-0.25, -0.2) is 15.0 Å². The maximum atomic E-state index is 5.93. The van der Waals surface area contributed by atoms with Crippen molar-refractivity contribution in [1.82, 2.24) is 19.9 Å². The van der Waals surface area contributed by atoms with Gasteiger partial charge < -0.3 is 9.47 Å². The van der Waals surface area contributed by atoms with Crippen LogP contribution >= 0.6 is 11.3 Å². The Kier molecular flexibility index (Phi) is 6.39. The summed E-state index contributed by atoms with van der Waals surface area (Å²) in [4.78, 5) is 17.6. The molecule has 0 radical (unpaired) electrons. The molecule has 0 saturated carbocycles. The van der Waals surface area contributed by atoms with E-state index in [4.69, 9.17) is 14.5 Å². The summed E-state index contributed by atoms with van der Waals surface area (Å²) in [5.41, 5.74) is 5.40. The van der Waals surface area contributed by atoms with Gasteiger partial charge >= 0.3 is 0 Å². The van der Waals surface area contributed by atoms with Crippen LogP contribution in [0.25, 0.3) is 32.9 Å². The quantitative estimate of drug-likeness (QED) is 0.379. The van der Waals surface area contributed by atoms with Crippen molar-refractivity contribution in [2.45, 2.75) is 13.3 Å². The molecule has 32 heavy (non-hydrogen) atoms. The molecule has 0 spiro atoms. The zero-order valence-electron chi connectivity index (χ0n) is 18.2. The molecule has 1 saturated heterocycles. The van der Waals surface area contributed by atoms with E-state index in [9.17, 15) is 0 Å². The summed E-state index contributed by atoms with van der Waals surface area (Å²) in [6, 6.07) is 14.4. The van der Waals surface area contributed by atoms with E-state index < -0.39 is 0 Å². The Morgan fingerprint density at radius 3 is 2.69 bits per heavy atom. The fourth-order valence-electron chi connectivity index (χ4n) is 3.88. The lowest BCUT2D eigenvalue weighted by Gasteiger charge is -2.26. The average Bonchev–Trinajstić information content (AvgIpc) is 3.37. The molecule has 3 aromatic heterocycles. The molecule has 0 amide bonds.